The lowest BCUT2D eigenvalue weighted by Crippen LogP contribution is -2.01. The number of aromatic nitrogens is 2. The molecule has 0 amide bonds. The fourth-order valence-electron chi connectivity index (χ4n) is 1.34. The molecule has 1 aromatic carbocycles. The molecule has 0 aliphatic carbocycles. The fraction of sp³-hybridized carbons (Fsp3) is 0.167. The molecule has 0 aliphatic rings. The maximum atomic E-state index is 6.04. The Labute approximate surface area is 110 Å². The summed E-state index contributed by atoms with van der Waals surface area (Å²) in [6.07, 6.45) is 5.60. The molecule has 0 atom stereocenters. The van der Waals surface area contributed by atoms with Gasteiger partial charge < -0.3 is 5.32 Å². The number of hydrogen-bond acceptors (Lipinski definition) is 4. The molecule has 5 heteroatoms. The maximum Gasteiger partial charge on any atom is 0.187 e. The van der Waals surface area contributed by atoms with Gasteiger partial charge in [-0.25, -0.2) is 9.97 Å². The van der Waals surface area contributed by atoms with Crippen LogP contribution in [0.25, 0.3) is 0 Å². The van der Waals surface area contributed by atoms with Gasteiger partial charge in [0.15, 0.2) is 5.16 Å². The molecule has 0 unspecified atom stereocenters. The van der Waals surface area contributed by atoms with Crippen molar-refractivity contribution in [1.82, 2.24) is 9.97 Å². The number of nitrogens with one attached hydrogen (secondary N) is 1. The van der Waals surface area contributed by atoms with Gasteiger partial charge in [-0.1, -0.05) is 35.5 Å². The topological polar surface area (TPSA) is 37.8 Å². The zero-order chi connectivity index (χ0) is 12.1. The van der Waals surface area contributed by atoms with Crippen LogP contribution in [0.2, 0.25) is 5.02 Å². The third kappa shape index (κ3) is 3.35. The van der Waals surface area contributed by atoms with Crippen LogP contribution in [0.1, 0.15) is 5.56 Å². The van der Waals surface area contributed by atoms with Crippen molar-refractivity contribution in [3.05, 3.63) is 47.2 Å². The number of anilines is 1. The van der Waals surface area contributed by atoms with Crippen LogP contribution in [-0.4, -0.2) is 16.2 Å². The maximum absolute atomic E-state index is 6.04. The minimum atomic E-state index is 0.665. The quantitative estimate of drug-likeness (QED) is 0.679. The van der Waals surface area contributed by atoms with E-state index in [0.29, 0.717) is 11.6 Å². The van der Waals surface area contributed by atoms with Crippen LogP contribution in [0, 0.1) is 0 Å². The highest BCUT2D eigenvalue weighted by Crippen LogP contribution is 2.21. The molecule has 2 rings (SSSR count). The Morgan fingerprint density at radius 3 is 2.59 bits per heavy atom. The van der Waals surface area contributed by atoms with Crippen LogP contribution in [0.3, 0.4) is 0 Å². The monoisotopic (exact) mass is 265 g/mol. The van der Waals surface area contributed by atoms with Crippen molar-refractivity contribution in [1.29, 1.82) is 0 Å². The van der Waals surface area contributed by atoms with Gasteiger partial charge in [-0.3, -0.25) is 0 Å². The molecule has 2 aromatic rings. The number of benzene rings is 1. The molecule has 1 N–H and O–H groups in total. The van der Waals surface area contributed by atoms with Crippen molar-refractivity contribution in [3.8, 4) is 0 Å². The van der Waals surface area contributed by atoms with Crippen LogP contribution in [0.15, 0.2) is 41.8 Å². The summed E-state index contributed by atoms with van der Waals surface area (Å²) in [4.78, 5) is 8.42. The van der Waals surface area contributed by atoms with Gasteiger partial charge in [0.2, 0.25) is 0 Å². The number of halogens is 1. The highest BCUT2D eigenvalue weighted by Gasteiger charge is 1.99. The summed E-state index contributed by atoms with van der Waals surface area (Å²) < 4.78 is 0. The third-order valence-corrected chi connectivity index (χ3v) is 3.13. The first-order chi connectivity index (χ1) is 8.29. The highest BCUT2D eigenvalue weighted by molar-refractivity contribution is 7.98. The van der Waals surface area contributed by atoms with E-state index in [2.05, 4.69) is 15.3 Å². The molecule has 0 radical (unpaired) electrons. The van der Waals surface area contributed by atoms with E-state index in [-0.39, 0.29) is 0 Å². The van der Waals surface area contributed by atoms with Gasteiger partial charge in [-0.15, -0.1) is 0 Å². The van der Waals surface area contributed by atoms with E-state index in [0.717, 1.165) is 16.4 Å². The van der Waals surface area contributed by atoms with Crippen LogP contribution in [-0.2, 0) is 6.54 Å². The molecule has 0 saturated heterocycles. The van der Waals surface area contributed by atoms with Gasteiger partial charge in [0.1, 0.15) is 0 Å². The Morgan fingerprint density at radius 1 is 1.24 bits per heavy atom. The molecule has 88 valence electrons. The van der Waals surface area contributed by atoms with E-state index in [1.54, 1.807) is 0 Å². The number of hydrogen-bond donors (Lipinski definition) is 1. The number of para-hydroxylation sites is 1. The molecule has 3 nitrogen and oxygen atoms in total. The first kappa shape index (κ1) is 12.2. The first-order valence-corrected chi connectivity index (χ1v) is 6.73. The van der Waals surface area contributed by atoms with Crippen LogP contribution in [0.4, 0.5) is 5.69 Å². The minimum Gasteiger partial charge on any atom is -0.380 e. The molecule has 0 saturated carbocycles. The van der Waals surface area contributed by atoms with E-state index in [4.69, 9.17) is 11.6 Å². The standard InChI is InChI=1S/C12H12ClN3S/c1-17-12-15-7-9(8-16-12)6-14-11-5-3-2-4-10(11)13/h2-5,7-8,14H,6H2,1H3. The average Bonchev–Trinajstić information content (AvgIpc) is 2.38. The van der Waals surface area contributed by atoms with E-state index >= 15 is 0 Å². The van der Waals surface area contributed by atoms with Crippen molar-refractivity contribution in [2.45, 2.75) is 11.7 Å². The summed E-state index contributed by atoms with van der Waals surface area (Å²) in [7, 11) is 0. The Morgan fingerprint density at radius 2 is 1.94 bits per heavy atom. The largest absolute Gasteiger partial charge is 0.380 e. The summed E-state index contributed by atoms with van der Waals surface area (Å²) in [5, 5.41) is 4.75. The Kier molecular flexibility index (Phi) is 4.23. The smallest absolute Gasteiger partial charge is 0.187 e. The van der Waals surface area contributed by atoms with Crippen LogP contribution in [0.5, 0.6) is 0 Å². The summed E-state index contributed by atoms with van der Waals surface area (Å²) >= 11 is 7.57. The molecule has 1 heterocycles. The summed E-state index contributed by atoms with van der Waals surface area (Å²) in [5.74, 6) is 0. The molecule has 17 heavy (non-hydrogen) atoms. The van der Waals surface area contributed by atoms with E-state index in [1.807, 2.05) is 42.9 Å². The second-order valence-corrected chi connectivity index (χ2v) is 4.59. The predicted molar refractivity (Wildman–Crippen MR) is 72.6 cm³/mol. The molecule has 0 bridgehead atoms. The summed E-state index contributed by atoms with van der Waals surface area (Å²) in [6.45, 7) is 0.665. The first-order valence-electron chi connectivity index (χ1n) is 5.13. The second kappa shape index (κ2) is 5.89. The van der Waals surface area contributed by atoms with Crippen molar-refractivity contribution in [2.24, 2.45) is 0 Å². The molecular formula is C12H12ClN3S. The molecule has 0 aliphatic heterocycles. The fourth-order valence-corrected chi connectivity index (χ4v) is 1.86. The Bertz CT molecular complexity index is 487. The highest BCUT2D eigenvalue weighted by atomic mass is 35.5. The number of rotatable bonds is 4. The van der Waals surface area contributed by atoms with Crippen molar-refractivity contribution in [2.75, 3.05) is 11.6 Å². The predicted octanol–water partition coefficient (Wildman–Crippen LogP) is 3.46. The van der Waals surface area contributed by atoms with Gasteiger partial charge in [-0.05, 0) is 18.4 Å². The number of nitrogens with zero attached hydrogens (tertiary/aromatic N) is 2. The van der Waals surface area contributed by atoms with Crippen molar-refractivity contribution < 1.29 is 0 Å². The number of thioether (sulfide) groups is 1. The van der Waals surface area contributed by atoms with Gasteiger partial charge in [0.05, 0.1) is 10.7 Å². The van der Waals surface area contributed by atoms with Gasteiger partial charge in [-0.2, -0.15) is 0 Å². The Balaban J connectivity index is 2.00. The van der Waals surface area contributed by atoms with Crippen molar-refractivity contribution in [3.63, 3.8) is 0 Å². The molecule has 1 aromatic heterocycles. The Hall–Kier alpha value is -1.26. The van der Waals surface area contributed by atoms with E-state index in [9.17, 15) is 0 Å². The lowest BCUT2D eigenvalue weighted by molar-refractivity contribution is 0.930. The van der Waals surface area contributed by atoms with Crippen LogP contribution >= 0.6 is 23.4 Å². The molecule has 0 spiro atoms. The van der Waals surface area contributed by atoms with Crippen molar-refractivity contribution >= 4 is 29.1 Å². The molecular weight excluding hydrogens is 254 g/mol. The van der Waals surface area contributed by atoms with E-state index < -0.39 is 0 Å². The SMILES string of the molecule is CSc1ncc(CNc2ccccc2Cl)cn1. The minimum absolute atomic E-state index is 0.665. The zero-order valence-corrected chi connectivity index (χ0v) is 10.9. The van der Waals surface area contributed by atoms with Gasteiger partial charge in [0, 0.05) is 24.5 Å². The van der Waals surface area contributed by atoms with Crippen LogP contribution < -0.4 is 5.32 Å². The van der Waals surface area contributed by atoms with Gasteiger partial charge in [0.25, 0.3) is 0 Å². The van der Waals surface area contributed by atoms with E-state index in [1.165, 1.54) is 11.8 Å². The molecule has 0 fully saturated rings. The lowest BCUT2D eigenvalue weighted by Gasteiger charge is -2.07. The second-order valence-electron chi connectivity index (χ2n) is 3.41. The normalized spacial score (nSPS) is 10.2. The summed E-state index contributed by atoms with van der Waals surface area (Å²) in [6, 6.07) is 7.65. The average molecular weight is 266 g/mol. The third-order valence-electron chi connectivity index (χ3n) is 2.22. The zero-order valence-electron chi connectivity index (χ0n) is 9.35. The lowest BCUT2D eigenvalue weighted by atomic mass is 10.3. The summed E-state index contributed by atoms with van der Waals surface area (Å²) in [5.41, 5.74) is 1.95. The van der Waals surface area contributed by atoms with Gasteiger partial charge >= 0.3 is 0 Å².